The number of carbonyl (C=O) groups is 1. The van der Waals surface area contributed by atoms with Crippen LogP contribution >= 0.6 is 0 Å². The van der Waals surface area contributed by atoms with Gasteiger partial charge in [0.2, 0.25) is 0 Å². The molecule has 27 heavy (non-hydrogen) atoms. The topological polar surface area (TPSA) is 41.4 Å². The molecule has 0 N–H and O–H groups in total. The molecule has 0 aliphatic carbocycles. The lowest BCUT2D eigenvalue weighted by Gasteiger charge is -2.34. The average molecular weight is 360 g/mol. The molecule has 0 spiro atoms. The third kappa shape index (κ3) is 3.33. The van der Waals surface area contributed by atoms with E-state index in [9.17, 15) is 4.79 Å². The standard InChI is InChI=1S/C22H24N4O/c1-24(2)19-10-8-16(9-11-19)22(27)26-14-17-6-4-5-7-20(17)21(15-26)18-12-23-25(3)13-18/h4-13,21H,14-15H2,1-3H3. The van der Waals surface area contributed by atoms with Crippen molar-refractivity contribution in [2.24, 2.45) is 7.05 Å². The van der Waals surface area contributed by atoms with E-state index in [0.29, 0.717) is 13.1 Å². The fourth-order valence-electron chi connectivity index (χ4n) is 3.75. The Kier molecular flexibility index (Phi) is 4.44. The monoisotopic (exact) mass is 360 g/mol. The van der Waals surface area contributed by atoms with Crippen LogP contribution in [0.2, 0.25) is 0 Å². The first-order valence-corrected chi connectivity index (χ1v) is 9.16. The van der Waals surface area contributed by atoms with Gasteiger partial charge in [0.15, 0.2) is 0 Å². The summed E-state index contributed by atoms with van der Waals surface area (Å²) in [6.07, 6.45) is 3.95. The fourth-order valence-corrected chi connectivity index (χ4v) is 3.75. The number of rotatable bonds is 3. The van der Waals surface area contributed by atoms with Gasteiger partial charge in [-0.3, -0.25) is 9.48 Å². The minimum atomic E-state index is 0.0729. The Morgan fingerprint density at radius 2 is 1.85 bits per heavy atom. The van der Waals surface area contributed by atoms with Gasteiger partial charge in [-0.25, -0.2) is 0 Å². The van der Waals surface area contributed by atoms with E-state index in [1.54, 1.807) is 0 Å². The highest BCUT2D eigenvalue weighted by Gasteiger charge is 2.30. The van der Waals surface area contributed by atoms with Crippen molar-refractivity contribution >= 4 is 11.6 Å². The lowest BCUT2D eigenvalue weighted by Crippen LogP contribution is -2.38. The molecule has 0 saturated carbocycles. The van der Waals surface area contributed by atoms with Gasteiger partial charge >= 0.3 is 0 Å². The summed E-state index contributed by atoms with van der Waals surface area (Å²) in [4.78, 5) is 17.1. The van der Waals surface area contributed by atoms with Crippen molar-refractivity contribution in [2.45, 2.75) is 12.5 Å². The molecular weight excluding hydrogens is 336 g/mol. The molecule has 1 aliphatic heterocycles. The highest BCUT2D eigenvalue weighted by atomic mass is 16.2. The van der Waals surface area contributed by atoms with E-state index < -0.39 is 0 Å². The zero-order valence-corrected chi connectivity index (χ0v) is 16.0. The second kappa shape index (κ2) is 6.91. The van der Waals surface area contributed by atoms with Gasteiger partial charge < -0.3 is 9.80 Å². The molecule has 1 amide bonds. The smallest absolute Gasteiger partial charge is 0.254 e. The predicted molar refractivity (Wildman–Crippen MR) is 107 cm³/mol. The van der Waals surface area contributed by atoms with Crippen LogP contribution in [0.15, 0.2) is 60.9 Å². The lowest BCUT2D eigenvalue weighted by molar-refractivity contribution is 0.0725. The summed E-state index contributed by atoms with van der Waals surface area (Å²) >= 11 is 0. The van der Waals surface area contributed by atoms with E-state index in [4.69, 9.17) is 0 Å². The van der Waals surface area contributed by atoms with E-state index in [2.05, 4.69) is 23.3 Å². The molecule has 5 nitrogen and oxygen atoms in total. The van der Waals surface area contributed by atoms with Crippen LogP contribution in [0.5, 0.6) is 0 Å². The van der Waals surface area contributed by atoms with Crippen LogP contribution in [0.25, 0.3) is 0 Å². The predicted octanol–water partition coefficient (Wildman–Crippen LogP) is 3.27. The molecule has 1 aromatic heterocycles. The quantitative estimate of drug-likeness (QED) is 0.720. The number of fused-ring (bicyclic) bond motifs is 1. The van der Waals surface area contributed by atoms with Crippen molar-refractivity contribution in [3.63, 3.8) is 0 Å². The Labute approximate surface area is 159 Å². The van der Waals surface area contributed by atoms with Crippen molar-refractivity contribution in [3.8, 4) is 0 Å². The van der Waals surface area contributed by atoms with Gasteiger partial charge in [-0.1, -0.05) is 24.3 Å². The Hall–Kier alpha value is -3.08. The Bertz CT molecular complexity index is 958. The molecule has 138 valence electrons. The summed E-state index contributed by atoms with van der Waals surface area (Å²) in [5.74, 6) is 0.220. The molecule has 2 heterocycles. The normalized spacial score (nSPS) is 16.1. The van der Waals surface area contributed by atoms with Crippen molar-refractivity contribution in [1.82, 2.24) is 14.7 Å². The van der Waals surface area contributed by atoms with Crippen LogP contribution in [0.1, 0.15) is 33.0 Å². The molecule has 1 atom stereocenters. The molecule has 0 fully saturated rings. The number of anilines is 1. The van der Waals surface area contributed by atoms with E-state index in [1.165, 1.54) is 11.1 Å². The molecule has 1 aliphatic rings. The Morgan fingerprint density at radius 3 is 2.52 bits per heavy atom. The van der Waals surface area contributed by atoms with Gasteiger partial charge in [-0.15, -0.1) is 0 Å². The first-order chi connectivity index (χ1) is 13.0. The summed E-state index contributed by atoms with van der Waals surface area (Å²) < 4.78 is 1.82. The zero-order chi connectivity index (χ0) is 19.0. The SMILES string of the molecule is CN(C)c1ccc(C(=O)N2Cc3ccccc3C(c3cnn(C)c3)C2)cc1. The molecule has 0 radical (unpaired) electrons. The fraction of sp³-hybridized carbons (Fsp3) is 0.273. The van der Waals surface area contributed by atoms with Gasteiger partial charge in [0.25, 0.3) is 5.91 Å². The molecule has 4 rings (SSSR count). The molecule has 3 aromatic rings. The van der Waals surface area contributed by atoms with Gasteiger partial charge in [-0.2, -0.15) is 5.10 Å². The number of aromatic nitrogens is 2. The second-order valence-corrected chi connectivity index (χ2v) is 7.33. The number of carbonyl (C=O) groups excluding carboxylic acids is 1. The molecule has 0 saturated heterocycles. The third-order valence-corrected chi connectivity index (χ3v) is 5.24. The van der Waals surface area contributed by atoms with Crippen LogP contribution < -0.4 is 4.90 Å². The van der Waals surface area contributed by atoms with Gasteiger partial charge in [0.1, 0.15) is 0 Å². The van der Waals surface area contributed by atoms with Crippen molar-refractivity contribution in [3.05, 3.63) is 83.2 Å². The largest absolute Gasteiger partial charge is 0.378 e. The number of hydrogen-bond donors (Lipinski definition) is 0. The van der Waals surface area contributed by atoms with Gasteiger partial charge in [-0.05, 0) is 41.0 Å². The molecule has 0 bridgehead atoms. The Morgan fingerprint density at radius 1 is 1.11 bits per heavy atom. The van der Waals surface area contributed by atoms with E-state index in [-0.39, 0.29) is 11.8 Å². The number of hydrogen-bond acceptors (Lipinski definition) is 3. The molecule has 5 heteroatoms. The second-order valence-electron chi connectivity index (χ2n) is 7.33. The lowest BCUT2D eigenvalue weighted by atomic mass is 9.86. The van der Waals surface area contributed by atoms with Crippen LogP contribution in [0.3, 0.4) is 0 Å². The summed E-state index contributed by atoms with van der Waals surface area (Å²) in [5, 5.41) is 4.33. The van der Waals surface area contributed by atoms with Crippen LogP contribution in [-0.4, -0.2) is 41.2 Å². The Balaban J connectivity index is 1.65. The zero-order valence-electron chi connectivity index (χ0n) is 16.0. The first kappa shape index (κ1) is 17.3. The maximum absolute atomic E-state index is 13.2. The molecular formula is C22H24N4O. The van der Waals surface area contributed by atoms with Crippen molar-refractivity contribution in [2.75, 3.05) is 25.5 Å². The maximum Gasteiger partial charge on any atom is 0.254 e. The summed E-state index contributed by atoms with van der Waals surface area (Å²) in [7, 11) is 5.92. The van der Waals surface area contributed by atoms with Crippen molar-refractivity contribution < 1.29 is 4.79 Å². The minimum absolute atomic E-state index is 0.0729. The first-order valence-electron chi connectivity index (χ1n) is 9.16. The highest BCUT2D eigenvalue weighted by Crippen LogP contribution is 2.34. The van der Waals surface area contributed by atoms with Crippen molar-refractivity contribution in [1.29, 1.82) is 0 Å². The molecule has 1 unspecified atom stereocenters. The maximum atomic E-state index is 13.2. The summed E-state index contributed by atoms with van der Waals surface area (Å²) in [6.45, 7) is 1.30. The van der Waals surface area contributed by atoms with Crippen LogP contribution in [-0.2, 0) is 13.6 Å². The average Bonchev–Trinajstić information content (AvgIpc) is 3.12. The third-order valence-electron chi connectivity index (χ3n) is 5.24. The summed E-state index contributed by atoms with van der Waals surface area (Å²) in [5.41, 5.74) is 5.45. The van der Waals surface area contributed by atoms with Crippen LogP contribution in [0.4, 0.5) is 5.69 Å². The number of nitrogens with zero attached hydrogens (tertiary/aromatic N) is 4. The van der Waals surface area contributed by atoms with E-state index in [0.717, 1.165) is 16.8 Å². The van der Waals surface area contributed by atoms with E-state index >= 15 is 0 Å². The van der Waals surface area contributed by atoms with Gasteiger partial charge in [0, 0.05) is 57.6 Å². The minimum Gasteiger partial charge on any atom is -0.378 e. The highest BCUT2D eigenvalue weighted by molar-refractivity contribution is 5.94. The summed E-state index contributed by atoms with van der Waals surface area (Å²) in [6, 6.07) is 16.2. The van der Waals surface area contributed by atoms with E-state index in [1.807, 2.05) is 78.4 Å². The number of amides is 1. The molecule has 2 aromatic carbocycles. The van der Waals surface area contributed by atoms with Gasteiger partial charge in [0.05, 0.1) is 6.20 Å². The number of benzene rings is 2. The number of aryl methyl sites for hydroxylation is 1. The van der Waals surface area contributed by atoms with Crippen LogP contribution in [0, 0.1) is 0 Å².